The van der Waals surface area contributed by atoms with E-state index in [1.807, 2.05) is 25.3 Å². The minimum absolute atomic E-state index is 0.257. The van der Waals surface area contributed by atoms with Crippen LogP contribution < -0.4 is 5.73 Å². The van der Waals surface area contributed by atoms with Crippen molar-refractivity contribution in [3.8, 4) is 0 Å². The Kier molecular flexibility index (Phi) is 3.49. The van der Waals surface area contributed by atoms with E-state index in [9.17, 15) is 4.79 Å². The van der Waals surface area contributed by atoms with Crippen LogP contribution in [0.4, 0.5) is 0 Å². The Balaban J connectivity index is 2.00. The molecule has 0 saturated carbocycles. The average Bonchev–Trinajstić information content (AvgIpc) is 2.64. The molecule has 2 aromatic rings. The van der Waals surface area contributed by atoms with Crippen LogP contribution >= 0.6 is 11.8 Å². The van der Waals surface area contributed by atoms with E-state index in [4.69, 9.17) is 5.73 Å². The molecule has 0 radical (unpaired) electrons. The van der Waals surface area contributed by atoms with E-state index in [0.29, 0.717) is 0 Å². The third-order valence-electron chi connectivity index (χ3n) is 3.74. The second-order valence-corrected chi connectivity index (χ2v) is 6.09. The largest absolute Gasteiger partial charge is 0.369 e. The number of fused-ring (bicyclic) bond motifs is 2. The average molecular weight is 284 g/mol. The molecule has 1 aromatic heterocycles. The number of rotatable bonds is 2. The Morgan fingerprint density at radius 2 is 2.10 bits per heavy atom. The monoisotopic (exact) mass is 284 g/mol. The number of pyridine rings is 1. The summed E-state index contributed by atoms with van der Waals surface area (Å²) < 4.78 is 0. The van der Waals surface area contributed by atoms with Crippen molar-refractivity contribution in [3.05, 3.63) is 53.2 Å². The van der Waals surface area contributed by atoms with Gasteiger partial charge in [-0.15, -0.1) is 0 Å². The molecular formula is C16H16N2OS. The molecule has 102 valence electrons. The lowest BCUT2D eigenvalue weighted by atomic mass is 9.97. The lowest BCUT2D eigenvalue weighted by Gasteiger charge is -2.11. The molecular weight excluding hydrogens is 268 g/mol. The van der Waals surface area contributed by atoms with Crippen LogP contribution in [0, 0.1) is 0 Å². The van der Waals surface area contributed by atoms with Crippen LogP contribution in [0.1, 0.15) is 29.5 Å². The van der Waals surface area contributed by atoms with Gasteiger partial charge in [0.05, 0.1) is 5.92 Å². The SMILES string of the molecule is CC(C(N)=O)c1ccc2c(c1)Sc1ncccc1CC2. The molecule has 1 unspecified atom stereocenters. The summed E-state index contributed by atoms with van der Waals surface area (Å²) in [5.74, 6) is -0.547. The van der Waals surface area contributed by atoms with Crippen molar-refractivity contribution < 1.29 is 4.79 Å². The van der Waals surface area contributed by atoms with E-state index in [1.54, 1.807) is 11.8 Å². The Labute approximate surface area is 122 Å². The minimum atomic E-state index is -0.290. The topological polar surface area (TPSA) is 56.0 Å². The number of primary amides is 1. The van der Waals surface area contributed by atoms with Gasteiger partial charge < -0.3 is 5.73 Å². The summed E-state index contributed by atoms with van der Waals surface area (Å²) >= 11 is 1.68. The van der Waals surface area contributed by atoms with Crippen molar-refractivity contribution >= 4 is 17.7 Å². The van der Waals surface area contributed by atoms with Crippen molar-refractivity contribution in [2.75, 3.05) is 0 Å². The number of carbonyl (C=O) groups is 1. The fourth-order valence-electron chi connectivity index (χ4n) is 2.39. The van der Waals surface area contributed by atoms with Crippen molar-refractivity contribution in [2.45, 2.75) is 35.6 Å². The summed E-state index contributed by atoms with van der Waals surface area (Å²) in [5, 5.41) is 1.06. The molecule has 0 spiro atoms. The number of aromatic nitrogens is 1. The third kappa shape index (κ3) is 2.43. The van der Waals surface area contributed by atoms with E-state index in [0.717, 1.165) is 23.4 Å². The second kappa shape index (κ2) is 5.29. The molecule has 4 heteroatoms. The fourth-order valence-corrected chi connectivity index (χ4v) is 3.51. The lowest BCUT2D eigenvalue weighted by Crippen LogP contribution is -2.18. The second-order valence-electron chi connectivity index (χ2n) is 5.06. The Morgan fingerprint density at radius 1 is 1.30 bits per heavy atom. The Hall–Kier alpha value is -1.81. The molecule has 2 heterocycles. The molecule has 0 aliphatic carbocycles. The molecule has 1 amide bonds. The first-order valence-corrected chi connectivity index (χ1v) is 7.50. The first-order chi connectivity index (χ1) is 9.65. The van der Waals surface area contributed by atoms with E-state index >= 15 is 0 Å². The van der Waals surface area contributed by atoms with Gasteiger partial charge in [0.25, 0.3) is 0 Å². The van der Waals surface area contributed by atoms with Gasteiger partial charge >= 0.3 is 0 Å². The van der Waals surface area contributed by atoms with E-state index in [-0.39, 0.29) is 11.8 Å². The van der Waals surface area contributed by atoms with Crippen molar-refractivity contribution in [3.63, 3.8) is 0 Å². The third-order valence-corrected chi connectivity index (χ3v) is 4.90. The van der Waals surface area contributed by atoms with E-state index < -0.39 is 0 Å². The van der Waals surface area contributed by atoms with Gasteiger partial charge in [-0.25, -0.2) is 4.98 Å². The Morgan fingerprint density at radius 3 is 2.90 bits per heavy atom. The van der Waals surface area contributed by atoms with Gasteiger partial charge in [-0.2, -0.15) is 0 Å². The number of aryl methyl sites for hydroxylation is 2. The van der Waals surface area contributed by atoms with Crippen molar-refractivity contribution in [2.24, 2.45) is 5.73 Å². The first-order valence-electron chi connectivity index (χ1n) is 6.69. The number of carbonyl (C=O) groups excluding carboxylic acids is 1. The van der Waals surface area contributed by atoms with Crippen LogP contribution in [0.2, 0.25) is 0 Å². The molecule has 0 bridgehead atoms. The number of benzene rings is 1. The molecule has 3 nitrogen and oxygen atoms in total. The molecule has 1 atom stereocenters. The van der Waals surface area contributed by atoms with Crippen molar-refractivity contribution in [1.82, 2.24) is 4.98 Å². The molecule has 2 N–H and O–H groups in total. The Bertz CT molecular complexity index is 669. The maximum Gasteiger partial charge on any atom is 0.224 e. The summed E-state index contributed by atoms with van der Waals surface area (Å²) in [6, 6.07) is 10.3. The molecule has 0 saturated heterocycles. The van der Waals surface area contributed by atoms with Crippen LogP contribution in [-0.4, -0.2) is 10.9 Å². The van der Waals surface area contributed by atoms with Gasteiger partial charge in [0.15, 0.2) is 0 Å². The van der Waals surface area contributed by atoms with Gasteiger partial charge in [0.2, 0.25) is 5.91 Å². The maximum atomic E-state index is 11.3. The number of hydrogen-bond acceptors (Lipinski definition) is 3. The van der Waals surface area contributed by atoms with Gasteiger partial charge in [0, 0.05) is 11.1 Å². The molecule has 1 aliphatic heterocycles. The highest BCUT2D eigenvalue weighted by atomic mass is 32.2. The van der Waals surface area contributed by atoms with Crippen molar-refractivity contribution in [1.29, 1.82) is 0 Å². The maximum absolute atomic E-state index is 11.3. The summed E-state index contributed by atoms with van der Waals surface area (Å²) in [6.07, 6.45) is 3.84. The van der Waals surface area contributed by atoms with Gasteiger partial charge in [-0.1, -0.05) is 30.0 Å². The molecule has 1 aromatic carbocycles. The minimum Gasteiger partial charge on any atom is -0.369 e. The van der Waals surface area contributed by atoms with Gasteiger partial charge in [-0.3, -0.25) is 4.79 Å². The van der Waals surface area contributed by atoms with Crippen LogP contribution in [0.25, 0.3) is 0 Å². The van der Waals surface area contributed by atoms with Gasteiger partial charge in [0.1, 0.15) is 5.03 Å². The number of amides is 1. The standard InChI is InChI=1S/C16H16N2OS/c1-10(15(17)19)13-7-5-11-4-6-12-3-2-8-18-16(12)20-14(11)9-13/h2-3,5,7-10H,4,6H2,1H3,(H2,17,19). The highest BCUT2D eigenvalue weighted by molar-refractivity contribution is 7.99. The van der Waals surface area contributed by atoms with E-state index in [1.165, 1.54) is 16.0 Å². The molecule has 1 aliphatic rings. The number of hydrogen-bond donors (Lipinski definition) is 1. The molecule has 3 rings (SSSR count). The summed E-state index contributed by atoms with van der Waals surface area (Å²) in [5.41, 5.74) is 8.97. The number of nitrogens with two attached hydrogens (primary N) is 1. The number of nitrogens with zero attached hydrogens (tertiary/aromatic N) is 1. The van der Waals surface area contributed by atoms with Crippen LogP contribution in [0.3, 0.4) is 0 Å². The summed E-state index contributed by atoms with van der Waals surface area (Å²) in [7, 11) is 0. The predicted octanol–water partition coefficient (Wildman–Crippen LogP) is 2.92. The van der Waals surface area contributed by atoms with Crippen LogP contribution in [0.15, 0.2) is 46.5 Å². The highest BCUT2D eigenvalue weighted by Crippen LogP contribution is 2.37. The van der Waals surface area contributed by atoms with E-state index in [2.05, 4.69) is 23.2 Å². The first kappa shape index (κ1) is 13.2. The predicted molar refractivity (Wildman–Crippen MR) is 79.8 cm³/mol. The zero-order valence-electron chi connectivity index (χ0n) is 11.3. The zero-order valence-corrected chi connectivity index (χ0v) is 12.1. The summed E-state index contributed by atoms with van der Waals surface area (Å²) in [6.45, 7) is 1.84. The smallest absolute Gasteiger partial charge is 0.224 e. The summed E-state index contributed by atoms with van der Waals surface area (Å²) in [4.78, 5) is 17.0. The fraction of sp³-hybridized carbons (Fsp3) is 0.250. The van der Waals surface area contributed by atoms with Gasteiger partial charge in [-0.05, 0) is 48.6 Å². The quantitative estimate of drug-likeness (QED) is 0.922. The normalized spacial score (nSPS) is 14.8. The molecule has 0 fully saturated rings. The highest BCUT2D eigenvalue weighted by Gasteiger charge is 2.18. The lowest BCUT2D eigenvalue weighted by molar-refractivity contribution is -0.119. The van der Waals surface area contributed by atoms with Crippen LogP contribution in [0.5, 0.6) is 0 Å². The zero-order chi connectivity index (χ0) is 14.1. The van der Waals surface area contributed by atoms with Crippen LogP contribution in [-0.2, 0) is 17.6 Å². The molecule has 20 heavy (non-hydrogen) atoms.